The fourth-order valence-corrected chi connectivity index (χ4v) is 5.72. The largest absolute Gasteiger partial charge is 0.462 e. The van der Waals surface area contributed by atoms with E-state index in [2.05, 4.69) is 4.99 Å². The molecule has 0 fully saturated rings. The average molecular weight is 525 g/mol. The maximum Gasteiger partial charge on any atom is 0.338 e. The molecule has 4 rings (SSSR count). The quantitative estimate of drug-likeness (QED) is 0.326. The molecule has 0 spiro atoms. The lowest BCUT2D eigenvalue weighted by molar-refractivity contribution is -0.140. The van der Waals surface area contributed by atoms with Gasteiger partial charge in [0.15, 0.2) is 4.80 Å². The smallest absolute Gasteiger partial charge is 0.338 e. The van der Waals surface area contributed by atoms with Crippen molar-refractivity contribution in [3.05, 3.63) is 90.6 Å². The lowest BCUT2D eigenvalue weighted by atomic mass is 9.96. The van der Waals surface area contributed by atoms with E-state index in [4.69, 9.17) is 4.74 Å². The van der Waals surface area contributed by atoms with Crippen LogP contribution in [0.3, 0.4) is 0 Å². The molecule has 0 aliphatic carbocycles. The molecule has 1 atom stereocenters. The molecule has 3 aromatic rings. The van der Waals surface area contributed by atoms with E-state index in [1.165, 1.54) is 11.3 Å². The number of ether oxygens (including phenoxy) is 1. The lowest BCUT2D eigenvalue weighted by Gasteiger charge is -2.25. The van der Waals surface area contributed by atoms with Crippen LogP contribution < -0.4 is 14.9 Å². The van der Waals surface area contributed by atoms with Crippen LogP contribution in [0.25, 0.3) is 6.08 Å². The number of esters is 1. The molecule has 0 saturated heterocycles. The molecule has 35 heavy (non-hydrogen) atoms. The molecule has 0 bridgehead atoms. The third kappa shape index (κ3) is 5.50. The summed E-state index contributed by atoms with van der Waals surface area (Å²) in [6.45, 7) is 6.11. The van der Waals surface area contributed by atoms with E-state index in [0.29, 0.717) is 27.2 Å². The van der Waals surface area contributed by atoms with Crippen molar-refractivity contribution in [2.24, 2.45) is 10.9 Å². The first-order valence-corrected chi connectivity index (χ1v) is 14.6. The van der Waals surface area contributed by atoms with Crippen LogP contribution in [0.5, 0.6) is 0 Å². The molecule has 2 heterocycles. The van der Waals surface area contributed by atoms with Crippen LogP contribution in [0, 0.1) is 5.92 Å². The zero-order valence-corrected chi connectivity index (χ0v) is 22.9. The maximum absolute atomic E-state index is 13.7. The van der Waals surface area contributed by atoms with E-state index in [9.17, 15) is 9.59 Å². The van der Waals surface area contributed by atoms with Gasteiger partial charge < -0.3 is 4.74 Å². The van der Waals surface area contributed by atoms with E-state index in [0.717, 1.165) is 20.9 Å². The minimum absolute atomic E-state index is 0.164. The van der Waals surface area contributed by atoms with Gasteiger partial charge in [0.2, 0.25) is 0 Å². The SMILES string of the molecule is CSc1ccc(C=c2sc3n(c2=O)C(c2ccc(SC)cc2)C(C(=O)OCC(C)C)=C(C)N=3)cc1. The second-order valence-corrected chi connectivity index (χ2v) is 11.4. The summed E-state index contributed by atoms with van der Waals surface area (Å²) in [6, 6.07) is 15.5. The van der Waals surface area contributed by atoms with Crippen molar-refractivity contribution >= 4 is 46.9 Å². The van der Waals surface area contributed by atoms with Crippen LogP contribution in [0.1, 0.15) is 37.9 Å². The molecule has 182 valence electrons. The molecule has 1 aliphatic rings. The zero-order valence-electron chi connectivity index (χ0n) is 20.4. The number of thioether (sulfide) groups is 2. The Morgan fingerprint density at radius 1 is 1.09 bits per heavy atom. The van der Waals surface area contributed by atoms with E-state index >= 15 is 0 Å². The summed E-state index contributed by atoms with van der Waals surface area (Å²) < 4.78 is 7.82. The number of nitrogens with zero attached hydrogens (tertiary/aromatic N) is 2. The van der Waals surface area contributed by atoms with Crippen LogP contribution in [0.4, 0.5) is 0 Å². The number of fused-ring (bicyclic) bond motifs is 1. The van der Waals surface area contributed by atoms with Crippen molar-refractivity contribution in [1.82, 2.24) is 4.57 Å². The van der Waals surface area contributed by atoms with Crippen LogP contribution >= 0.6 is 34.9 Å². The summed E-state index contributed by atoms with van der Waals surface area (Å²) >= 11 is 4.66. The van der Waals surface area contributed by atoms with E-state index in [1.54, 1.807) is 28.1 Å². The highest BCUT2D eigenvalue weighted by atomic mass is 32.2. The second-order valence-electron chi connectivity index (χ2n) is 8.62. The van der Waals surface area contributed by atoms with Gasteiger partial charge in [-0.15, -0.1) is 23.5 Å². The number of benzene rings is 2. The summed E-state index contributed by atoms with van der Waals surface area (Å²) in [5, 5.41) is 0. The number of thiazole rings is 1. The number of aromatic nitrogens is 1. The third-order valence-corrected chi connectivity index (χ3v) is 8.10. The van der Waals surface area contributed by atoms with Crippen LogP contribution in [-0.4, -0.2) is 29.7 Å². The average Bonchev–Trinajstić information content (AvgIpc) is 3.16. The summed E-state index contributed by atoms with van der Waals surface area (Å²) in [7, 11) is 0. The van der Waals surface area contributed by atoms with Crippen molar-refractivity contribution < 1.29 is 9.53 Å². The molecule has 0 saturated carbocycles. The first-order valence-electron chi connectivity index (χ1n) is 11.3. The Labute approximate surface area is 217 Å². The molecule has 0 N–H and O–H groups in total. The molecule has 5 nitrogen and oxygen atoms in total. The molecule has 2 aromatic carbocycles. The molecular weight excluding hydrogens is 497 g/mol. The second kappa shape index (κ2) is 11.0. The fourth-order valence-electron chi connectivity index (χ4n) is 3.86. The van der Waals surface area contributed by atoms with Crippen LogP contribution in [-0.2, 0) is 9.53 Å². The molecule has 0 radical (unpaired) electrons. The highest BCUT2D eigenvalue weighted by Gasteiger charge is 2.33. The van der Waals surface area contributed by atoms with Gasteiger partial charge in [-0.2, -0.15) is 0 Å². The van der Waals surface area contributed by atoms with Crippen molar-refractivity contribution in [2.75, 3.05) is 19.1 Å². The molecular formula is C27H28N2O3S3. The Hall–Kier alpha value is -2.55. The zero-order chi connectivity index (χ0) is 25.1. The topological polar surface area (TPSA) is 60.7 Å². The van der Waals surface area contributed by atoms with Gasteiger partial charge in [-0.3, -0.25) is 9.36 Å². The number of hydrogen-bond donors (Lipinski definition) is 0. The molecule has 1 unspecified atom stereocenters. The van der Waals surface area contributed by atoms with Crippen LogP contribution in [0.15, 0.2) is 79.4 Å². The molecule has 1 aliphatic heterocycles. The number of allylic oxidation sites excluding steroid dienone is 1. The van der Waals surface area contributed by atoms with Crippen LogP contribution in [0.2, 0.25) is 0 Å². The highest BCUT2D eigenvalue weighted by Crippen LogP contribution is 2.31. The number of carbonyl (C=O) groups is 1. The number of hydrogen-bond acceptors (Lipinski definition) is 7. The Kier molecular flexibility index (Phi) is 8.04. The predicted octanol–water partition coefficient (Wildman–Crippen LogP) is 4.88. The fraction of sp³-hybridized carbons (Fsp3) is 0.296. The molecule has 1 aromatic heterocycles. The third-order valence-electron chi connectivity index (χ3n) is 5.63. The first kappa shape index (κ1) is 25.5. The Balaban J connectivity index is 1.87. The van der Waals surface area contributed by atoms with Gasteiger partial charge in [-0.05, 0) is 66.8 Å². The monoisotopic (exact) mass is 524 g/mol. The van der Waals surface area contributed by atoms with E-state index < -0.39 is 12.0 Å². The Morgan fingerprint density at radius 2 is 1.69 bits per heavy atom. The maximum atomic E-state index is 13.7. The molecule has 0 amide bonds. The Bertz CT molecular complexity index is 1430. The van der Waals surface area contributed by atoms with Crippen molar-refractivity contribution in [3.8, 4) is 0 Å². The molecule has 8 heteroatoms. The summed E-state index contributed by atoms with van der Waals surface area (Å²) in [4.78, 5) is 34.4. The van der Waals surface area contributed by atoms with Crippen molar-refractivity contribution in [3.63, 3.8) is 0 Å². The van der Waals surface area contributed by atoms with Gasteiger partial charge in [-0.25, -0.2) is 9.79 Å². The summed E-state index contributed by atoms with van der Waals surface area (Å²) in [6.07, 6.45) is 5.94. The minimum atomic E-state index is -0.595. The van der Waals surface area contributed by atoms with Gasteiger partial charge >= 0.3 is 5.97 Å². The van der Waals surface area contributed by atoms with Gasteiger partial charge in [-0.1, -0.05) is 49.4 Å². The van der Waals surface area contributed by atoms with E-state index in [-0.39, 0.29) is 11.5 Å². The van der Waals surface area contributed by atoms with Crippen molar-refractivity contribution in [2.45, 2.75) is 36.6 Å². The van der Waals surface area contributed by atoms with Crippen molar-refractivity contribution in [1.29, 1.82) is 0 Å². The predicted molar refractivity (Wildman–Crippen MR) is 146 cm³/mol. The van der Waals surface area contributed by atoms with Gasteiger partial charge in [0.1, 0.15) is 0 Å². The first-order chi connectivity index (χ1) is 16.8. The van der Waals surface area contributed by atoms with Gasteiger partial charge in [0, 0.05) is 9.79 Å². The number of carbonyl (C=O) groups excluding carboxylic acids is 1. The van der Waals surface area contributed by atoms with Gasteiger partial charge in [0.25, 0.3) is 5.56 Å². The summed E-state index contributed by atoms with van der Waals surface area (Å²) in [5.41, 5.74) is 2.62. The Morgan fingerprint density at radius 3 is 2.26 bits per heavy atom. The number of rotatable bonds is 7. The lowest BCUT2D eigenvalue weighted by Crippen LogP contribution is -2.40. The van der Waals surface area contributed by atoms with Gasteiger partial charge in [0.05, 0.1) is 28.5 Å². The highest BCUT2D eigenvalue weighted by molar-refractivity contribution is 7.98. The summed E-state index contributed by atoms with van der Waals surface area (Å²) in [5.74, 6) is -0.223. The minimum Gasteiger partial charge on any atom is -0.462 e. The van der Waals surface area contributed by atoms with E-state index in [1.807, 2.05) is 87.9 Å². The normalized spacial score (nSPS) is 15.8. The standard InChI is InChI=1S/C27H28N2O3S3/c1-16(2)15-32-26(31)23-17(3)28-27-29(24(23)19-8-12-21(34-5)13-9-19)25(30)22(35-27)14-18-6-10-20(33-4)11-7-18/h6-14,16,24H,15H2,1-5H3.